The van der Waals surface area contributed by atoms with Crippen molar-refractivity contribution >= 4 is 5.91 Å². The first-order chi connectivity index (χ1) is 9.61. The van der Waals surface area contributed by atoms with Gasteiger partial charge in [-0.1, -0.05) is 11.8 Å². The van der Waals surface area contributed by atoms with E-state index in [4.69, 9.17) is 5.11 Å². The summed E-state index contributed by atoms with van der Waals surface area (Å²) < 4.78 is 0. The molecule has 0 aliphatic carbocycles. The maximum Gasteiger partial charge on any atom is 0.255 e. The number of carbonyl (C=O) groups excluding carboxylic acids is 1. The number of rotatable bonds is 1. The first kappa shape index (κ1) is 14.5. The minimum absolute atomic E-state index is 0.00857. The summed E-state index contributed by atoms with van der Waals surface area (Å²) in [6, 6.07) is 1.91. The Morgan fingerprint density at radius 3 is 3.00 bits per heavy atom. The molecule has 1 atom stereocenters. The van der Waals surface area contributed by atoms with Crippen molar-refractivity contribution in [3.05, 3.63) is 29.6 Å². The minimum Gasteiger partial charge on any atom is -0.384 e. The molecule has 1 aromatic heterocycles. The fourth-order valence-electron chi connectivity index (χ4n) is 2.37. The van der Waals surface area contributed by atoms with Crippen LogP contribution in [0.4, 0.5) is 0 Å². The zero-order chi connectivity index (χ0) is 14.5. The SMILES string of the molecule is CC1CN(C)CCN1C(=O)c1cncc(C#CCO)c1. The van der Waals surface area contributed by atoms with Crippen LogP contribution in [0, 0.1) is 11.8 Å². The quantitative estimate of drug-likeness (QED) is 0.743. The minimum atomic E-state index is -0.201. The van der Waals surface area contributed by atoms with Crippen LogP contribution >= 0.6 is 0 Å². The van der Waals surface area contributed by atoms with E-state index in [1.54, 1.807) is 18.5 Å². The Morgan fingerprint density at radius 2 is 2.30 bits per heavy atom. The molecule has 20 heavy (non-hydrogen) atoms. The van der Waals surface area contributed by atoms with Crippen molar-refractivity contribution in [1.29, 1.82) is 0 Å². The van der Waals surface area contributed by atoms with Crippen molar-refractivity contribution in [2.45, 2.75) is 13.0 Å². The van der Waals surface area contributed by atoms with Gasteiger partial charge >= 0.3 is 0 Å². The smallest absolute Gasteiger partial charge is 0.255 e. The molecule has 1 N–H and O–H groups in total. The monoisotopic (exact) mass is 273 g/mol. The van der Waals surface area contributed by atoms with E-state index < -0.39 is 0 Å². The maximum atomic E-state index is 12.5. The van der Waals surface area contributed by atoms with Crippen LogP contribution in [0.15, 0.2) is 18.5 Å². The van der Waals surface area contributed by atoms with Crippen LogP contribution in [-0.4, -0.2) is 65.1 Å². The van der Waals surface area contributed by atoms with Crippen LogP contribution in [-0.2, 0) is 0 Å². The Hall–Kier alpha value is -1.90. The molecule has 0 spiro atoms. The number of hydrogen-bond acceptors (Lipinski definition) is 4. The highest BCUT2D eigenvalue weighted by Gasteiger charge is 2.26. The first-order valence-corrected chi connectivity index (χ1v) is 6.66. The molecule has 1 saturated heterocycles. The zero-order valence-electron chi connectivity index (χ0n) is 11.8. The van der Waals surface area contributed by atoms with E-state index in [0.29, 0.717) is 11.1 Å². The Balaban J connectivity index is 2.16. The highest BCUT2D eigenvalue weighted by atomic mass is 16.2. The first-order valence-electron chi connectivity index (χ1n) is 6.66. The topological polar surface area (TPSA) is 56.7 Å². The summed E-state index contributed by atoms with van der Waals surface area (Å²) in [5.41, 5.74) is 1.19. The average Bonchev–Trinajstić information content (AvgIpc) is 2.45. The normalized spacial score (nSPS) is 19.4. The molecule has 2 rings (SSSR count). The van der Waals surface area contributed by atoms with E-state index >= 15 is 0 Å². The summed E-state index contributed by atoms with van der Waals surface area (Å²) in [7, 11) is 2.06. The number of aliphatic hydroxyl groups excluding tert-OH is 1. The lowest BCUT2D eigenvalue weighted by Gasteiger charge is -2.38. The number of piperazine rings is 1. The van der Waals surface area contributed by atoms with Crippen LogP contribution in [0.25, 0.3) is 0 Å². The van der Waals surface area contributed by atoms with Crippen molar-refractivity contribution in [1.82, 2.24) is 14.8 Å². The van der Waals surface area contributed by atoms with E-state index in [2.05, 4.69) is 35.7 Å². The molecule has 0 aromatic carbocycles. The van der Waals surface area contributed by atoms with Gasteiger partial charge in [0.2, 0.25) is 0 Å². The van der Waals surface area contributed by atoms with Gasteiger partial charge in [0.25, 0.3) is 5.91 Å². The largest absolute Gasteiger partial charge is 0.384 e. The maximum absolute atomic E-state index is 12.5. The van der Waals surface area contributed by atoms with Gasteiger partial charge in [0, 0.05) is 43.6 Å². The molecule has 1 fully saturated rings. The number of amides is 1. The highest BCUT2D eigenvalue weighted by Crippen LogP contribution is 2.13. The van der Waals surface area contributed by atoms with Gasteiger partial charge in [-0.05, 0) is 20.0 Å². The Kier molecular flexibility index (Phi) is 4.72. The van der Waals surface area contributed by atoms with Gasteiger partial charge < -0.3 is 14.9 Å². The van der Waals surface area contributed by atoms with Gasteiger partial charge in [0.05, 0.1) is 5.56 Å². The van der Waals surface area contributed by atoms with E-state index in [1.807, 2.05) is 4.90 Å². The molecule has 1 amide bonds. The number of hydrogen-bond donors (Lipinski definition) is 1. The van der Waals surface area contributed by atoms with Crippen molar-refractivity contribution < 1.29 is 9.90 Å². The number of aromatic nitrogens is 1. The standard InChI is InChI=1S/C15H19N3O2/c1-12-11-17(2)5-6-18(12)15(20)14-8-13(4-3-7-19)9-16-10-14/h8-10,12,19H,5-7,11H2,1-2H3. The number of pyridine rings is 1. The predicted octanol–water partition coefficient (Wildman–Crippen LogP) is 0.202. The molecule has 0 radical (unpaired) electrons. The molecule has 106 valence electrons. The van der Waals surface area contributed by atoms with E-state index in [1.165, 1.54) is 0 Å². The Bertz CT molecular complexity index is 548. The van der Waals surface area contributed by atoms with Crippen LogP contribution in [0.1, 0.15) is 22.8 Å². The van der Waals surface area contributed by atoms with Crippen LogP contribution < -0.4 is 0 Å². The average molecular weight is 273 g/mol. The summed E-state index contributed by atoms with van der Waals surface area (Å²) >= 11 is 0. The van der Waals surface area contributed by atoms with Crippen molar-refractivity contribution in [3.63, 3.8) is 0 Å². The van der Waals surface area contributed by atoms with Gasteiger partial charge in [-0.2, -0.15) is 0 Å². The third-order valence-corrected chi connectivity index (χ3v) is 3.39. The summed E-state index contributed by atoms with van der Waals surface area (Å²) in [6.07, 6.45) is 3.16. The number of carbonyl (C=O) groups is 1. The second kappa shape index (κ2) is 6.51. The molecule has 1 unspecified atom stereocenters. The number of nitrogens with zero attached hydrogens (tertiary/aromatic N) is 3. The number of likely N-dealkylation sites (N-methyl/N-ethyl adjacent to an activating group) is 1. The lowest BCUT2D eigenvalue weighted by atomic mass is 10.1. The summed E-state index contributed by atoms with van der Waals surface area (Å²) in [4.78, 5) is 20.7. The molecular formula is C15H19N3O2. The fraction of sp³-hybridized carbons (Fsp3) is 0.467. The molecular weight excluding hydrogens is 254 g/mol. The Morgan fingerprint density at radius 1 is 1.50 bits per heavy atom. The summed E-state index contributed by atoms with van der Waals surface area (Å²) in [5, 5.41) is 8.70. The summed E-state index contributed by atoms with van der Waals surface area (Å²) in [6.45, 7) is 4.34. The molecule has 0 saturated carbocycles. The lowest BCUT2D eigenvalue weighted by molar-refractivity contribution is 0.0533. The van der Waals surface area contributed by atoms with Crippen LogP contribution in [0.5, 0.6) is 0 Å². The van der Waals surface area contributed by atoms with Crippen molar-refractivity contribution in [2.24, 2.45) is 0 Å². The summed E-state index contributed by atoms with van der Waals surface area (Å²) in [5.74, 6) is 5.32. The van der Waals surface area contributed by atoms with E-state index in [0.717, 1.165) is 19.6 Å². The molecule has 1 aliphatic rings. The van der Waals surface area contributed by atoms with E-state index in [-0.39, 0.29) is 18.6 Å². The third-order valence-electron chi connectivity index (χ3n) is 3.39. The molecule has 1 aliphatic heterocycles. The second-order valence-corrected chi connectivity index (χ2v) is 5.03. The van der Waals surface area contributed by atoms with E-state index in [9.17, 15) is 4.79 Å². The lowest BCUT2D eigenvalue weighted by Crippen LogP contribution is -2.52. The molecule has 1 aromatic rings. The zero-order valence-corrected chi connectivity index (χ0v) is 11.8. The van der Waals surface area contributed by atoms with Crippen molar-refractivity contribution in [3.8, 4) is 11.8 Å². The fourth-order valence-corrected chi connectivity index (χ4v) is 2.37. The van der Waals surface area contributed by atoms with Gasteiger partial charge in [-0.3, -0.25) is 9.78 Å². The number of aliphatic hydroxyl groups is 1. The van der Waals surface area contributed by atoms with Gasteiger partial charge in [0.1, 0.15) is 6.61 Å². The van der Waals surface area contributed by atoms with Crippen LogP contribution in [0.2, 0.25) is 0 Å². The molecule has 5 nitrogen and oxygen atoms in total. The van der Waals surface area contributed by atoms with Crippen LogP contribution in [0.3, 0.4) is 0 Å². The highest BCUT2D eigenvalue weighted by molar-refractivity contribution is 5.94. The molecule has 0 bridgehead atoms. The van der Waals surface area contributed by atoms with Gasteiger partial charge in [0.15, 0.2) is 0 Å². The van der Waals surface area contributed by atoms with Crippen molar-refractivity contribution in [2.75, 3.05) is 33.3 Å². The van der Waals surface area contributed by atoms with Gasteiger partial charge in [-0.25, -0.2) is 0 Å². The molecule has 2 heterocycles. The third kappa shape index (κ3) is 3.35. The molecule has 5 heteroatoms. The van der Waals surface area contributed by atoms with Gasteiger partial charge in [-0.15, -0.1) is 0 Å². The Labute approximate surface area is 119 Å². The second-order valence-electron chi connectivity index (χ2n) is 5.03. The predicted molar refractivity (Wildman–Crippen MR) is 76.2 cm³/mol.